The SMILES string of the molecule is CC(C)NC1(C)CCC(CC(=O)OC(C)(C)C)CC1. The Kier molecular flexibility index (Phi) is 5.43. The number of carbonyl (C=O) groups is 1. The third-order valence-electron chi connectivity index (χ3n) is 3.72. The van der Waals surface area contributed by atoms with Crippen LogP contribution < -0.4 is 5.32 Å². The lowest BCUT2D eigenvalue weighted by Gasteiger charge is -2.39. The molecule has 0 aromatic carbocycles. The van der Waals surface area contributed by atoms with Crippen LogP contribution in [-0.2, 0) is 9.53 Å². The fourth-order valence-electron chi connectivity index (χ4n) is 2.98. The Morgan fingerprint density at radius 1 is 1.32 bits per heavy atom. The van der Waals surface area contributed by atoms with Crippen molar-refractivity contribution in [2.24, 2.45) is 5.92 Å². The van der Waals surface area contributed by atoms with E-state index in [-0.39, 0.29) is 17.1 Å². The van der Waals surface area contributed by atoms with Crippen LogP contribution in [0.4, 0.5) is 0 Å². The lowest BCUT2D eigenvalue weighted by molar-refractivity contribution is -0.156. The van der Waals surface area contributed by atoms with Gasteiger partial charge in [0.15, 0.2) is 0 Å². The van der Waals surface area contributed by atoms with Crippen LogP contribution in [0.5, 0.6) is 0 Å². The van der Waals surface area contributed by atoms with Gasteiger partial charge in [0.1, 0.15) is 5.60 Å². The Hall–Kier alpha value is -0.570. The van der Waals surface area contributed by atoms with E-state index in [1.807, 2.05) is 20.8 Å². The number of esters is 1. The first kappa shape index (κ1) is 16.5. The summed E-state index contributed by atoms with van der Waals surface area (Å²) in [6, 6.07) is 0.521. The first-order chi connectivity index (χ1) is 8.60. The van der Waals surface area contributed by atoms with E-state index in [0.717, 1.165) is 25.7 Å². The Balaban J connectivity index is 2.36. The predicted octanol–water partition coefficient (Wildman–Crippen LogP) is 3.67. The summed E-state index contributed by atoms with van der Waals surface area (Å²) in [4.78, 5) is 11.8. The maximum absolute atomic E-state index is 11.8. The van der Waals surface area contributed by atoms with Gasteiger partial charge < -0.3 is 10.1 Å². The van der Waals surface area contributed by atoms with Gasteiger partial charge >= 0.3 is 5.97 Å². The number of rotatable bonds is 4. The number of nitrogens with one attached hydrogen (secondary N) is 1. The fraction of sp³-hybridized carbons (Fsp3) is 0.938. The molecule has 0 spiro atoms. The maximum atomic E-state index is 11.8. The summed E-state index contributed by atoms with van der Waals surface area (Å²) < 4.78 is 5.40. The molecule has 0 amide bonds. The van der Waals surface area contributed by atoms with E-state index < -0.39 is 0 Å². The van der Waals surface area contributed by atoms with Crippen molar-refractivity contribution < 1.29 is 9.53 Å². The third kappa shape index (κ3) is 6.42. The highest BCUT2D eigenvalue weighted by atomic mass is 16.6. The number of hydrogen-bond acceptors (Lipinski definition) is 3. The molecular formula is C16H31NO2. The van der Waals surface area contributed by atoms with Gasteiger partial charge in [-0.1, -0.05) is 13.8 Å². The molecule has 0 unspecified atom stereocenters. The summed E-state index contributed by atoms with van der Waals surface area (Å²) in [7, 11) is 0. The molecule has 112 valence electrons. The van der Waals surface area contributed by atoms with Crippen molar-refractivity contribution in [2.45, 2.75) is 90.8 Å². The molecule has 1 aliphatic carbocycles. The largest absolute Gasteiger partial charge is 0.460 e. The zero-order valence-electron chi connectivity index (χ0n) is 13.5. The van der Waals surface area contributed by atoms with E-state index >= 15 is 0 Å². The number of ether oxygens (including phenoxy) is 1. The van der Waals surface area contributed by atoms with E-state index in [2.05, 4.69) is 26.1 Å². The van der Waals surface area contributed by atoms with E-state index in [0.29, 0.717) is 18.4 Å². The van der Waals surface area contributed by atoms with Crippen LogP contribution in [0.15, 0.2) is 0 Å². The zero-order valence-corrected chi connectivity index (χ0v) is 13.5. The molecule has 1 saturated carbocycles. The van der Waals surface area contributed by atoms with Crippen molar-refractivity contribution in [2.75, 3.05) is 0 Å². The molecule has 0 aromatic heterocycles. The van der Waals surface area contributed by atoms with E-state index in [4.69, 9.17) is 4.74 Å². The minimum atomic E-state index is -0.362. The molecule has 0 atom stereocenters. The van der Waals surface area contributed by atoms with E-state index in [1.54, 1.807) is 0 Å². The van der Waals surface area contributed by atoms with Crippen LogP contribution >= 0.6 is 0 Å². The Morgan fingerprint density at radius 3 is 2.26 bits per heavy atom. The molecule has 0 saturated heterocycles. The van der Waals surface area contributed by atoms with Crippen LogP contribution in [-0.4, -0.2) is 23.2 Å². The summed E-state index contributed by atoms with van der Waals surface area (Å²) in [6.07, 6.45) is 5.12. The van der Waals surface area contributed by atoms with Crippen LogP contribution in [0.1, 0.15) is 73.6 Å². The van der Waals surface area contributed by atoms with E-state index in [9.17, 15) is 4.79 Å². The highest BCUT2D eigenvalue weighted by molar-refractivity contribution is 5.70. The molecule has 1 N–H and O–H groups in total. The standard InChI is InChI=1S/C16H31NO2/c1-12(2)17-16(6)9-7-13(8-10-16)11-14(18)19-15(3,4)5/h12-13,17H,7-11H2,1-6H3. The quantitative estimate of drug-likeness (QED) is 0.791. The zero-order chi connectivity index (χ0) is 14.7. The van der Waals surface area contributed by atoms with Gasteiger partial charge in [-0.15, -0.1) is 0 Å². The second kappa shape index (κ2) is 6.25. The normalized spacial score (nSPS) is 28.5. The molecule has 0 radical (unpaired) electrons. The average Bonchev–Trinajstić information content (AvgIpc) is 2.17. The van der Waals surface area contributed by atoms with Crippen molar-refractivity contribution >= 4 is 5.97 Å². The van der Waals surface area contributed by atoms with Gasteiger partial charge in [-0.3, -0.25) is 4.79 Å². The lowest BCUT2D eigenvalue weighted by Crippen LogP contribution is -2.48. The van der Waals surface area contributed by atoms with Crippen LogP contribution in [0.3, 0.4) is 0 Å². The summed E-state index contributed by atoms with van der Waals surface area (Å²) in [5.41, 5.74) is -0.113. The first-order valence-electron chi connectivity index (χ1n) is 7.59. The van der Waals surface area contributed by atoms with Crippen LogP contribution in [0, 0.1) is 5.92 Å². The molecule has 1 rings (SSSR count). The van der Waals surface area contributed by atoms with E-state index in [1.165, 1.54) is 0 Å². The first-order valence-corrected chi connectivity index (χ1v) is 7.59. The number of carbonyl (C=O) groups excluding carboxylic acids is 1. The fourth-order valence-corrected chi connectivity index (χ4v) is 2.98. The molecule has 0 aliphatic heterocycles. The van der Waals surface area contributed by atoms with Gasteiger partial charge in [-0.25, -0.2) is 0 Å². The van der Waals surface area contributed by atoms with Gasteiger partial charge in [0.05, 0.1) is 0 Å². The molecule has 3 nitrogen and oxygen atoms in total. The summed E-state index contributed by atoms with van der Waals surface area (Å²) in [5, 5.41) is 3.65. The minimum absolute atomic E-state index is 0.0436. The second-order valence-electron chi connectivity index (χ2n) is 7.59. The second-order valence-corrected chi connectivity index (χ2v) is 7.59. The Labute approximate surface area is 118 Å². The summed E-state index contributed by atoms with van der Waals surface area (Å²) in [5.74, 6) is 0.454. The molecule has 0 heterocycles. The van der Waals surface area contributed by atoms with Crippen molar-refractivity contribution in [1.82, 2.24) is 5.32 Å². The Bertz CT molecular complexity index is 296. The monoisotopic (exact) mass is 269 g/mol. The minimum Gasteiger partial charge on any atom is -0.460 e. The van der Waals surface area contributed by atoms with Crippen LogP contribution in [0.25, 0.3) is 0 Å². The smallest absolute Gasteiger partial charge is 0.306 e. The molecule has 0 aromatic rings. The highest BCUT2D eigenvalue weighted by Gasteiger charge is 2.32. The van der Waals surface area contributed by atoms with Crippen molar-refractivity contribution in [3.8, 4) is 0 Å². The molecular weight excluding hydrogens is 238 g/mol. The summed E-state index contributed by atoms with van der Waals surface area (Å²) in [6.45, 7) is 12.5. The van der Waals surface area contributed by atoms with Crippen LogP contribution in [0.2, 0.25) is 0 Å². The van der Waals surface area contributed by atoms with Gasteiger partial charge in [-0.2, -0.15) is 0 Å². The lowest BCUT2D eigenvalue weighted by atomic mass is 9.76. The average molecular weight is 269 g/mol. The molecule has 0 bridgehead atoms. The highest BCUT2D eigenvalue weighted by Crippen LogP contribution is 2.34. The topological polar surface area (TPSA) is 38.3 Å². The molecule has 3 heteroatoms. The third-order valence-corrected chi connectivity index (χ3v) is 3.72. The molecule has 19 heavy (non-hydrogen) atoms. The predicted molar refractivity (Wildman–Crippen MR) is 79.1 cm³/mol. The maximum Gasteiger partial charge on any atom is 0.306 e. The van der Waals surface area contributed by atoms with Crippen molar-refractivity contribution in [3.05, 3.63) is 0 Å². The van der Waals surface area contributed by atoms with Crippen molar-refractivity contribution in [1.29, 1.82) is 0 Å². The van der Waals surface area contributed by atoms with Gasteiger partial charge in [-0.05, 0) is 59.3 Å². The Morgan fingerprint density at radius 2 is 1.84 bits per heavy atom. The molecule has 1 aliphatic rings. The molecule has 1 fully saturated rings. The van der Waals surface area contributed by atoms with Crippen molar-refractivity contribution in [3.63, 3.8) is 0 Å². The van der Waals surface area contributed by atoms with Gasteiger partial charge in [0, 0.05) is 18.0 Å². The summed E-state index contributed by atoms with van der Waals surface area (Å²) >= 11 is 0. The van der Waals surface area contributed by atoms with Gasteiger partial charge in [0.25, 0.3) is 0 Å². The number of hydrogen-bond donors (Lipinski definition) is 1. The van der Waals surface area contributed by atoms with Gasteiger partial charge in [0.2, 0.25) is 0 Å².